The van der Waals surface area contributed by atoms with E-state index in [1.165, 1.54) is 29.5 Å². The van der Waals surface area contributed by atoms with Crippen molar-refractivity contribution in [3.63, 3.8) is 0 Å². The van der Waals surface area contributed by atoms with Gasteiger partial charge in [-0.15, -0.1) is 0 Å². The molecule has 3 fully saturated rings. The Bertz CT molecular complexity index is 1300. The highest BCUT2D eigenvalue weighted by Crippen LogP contribution is 2.44. The first-order chi connectivity index (χ1) is 17.5. The van der Waals surface area contributed by atoms with Crippen molar-refractivity contribution < 1.29 is 19.5 Å². The van der Waals surface area contributed by atoms with E-state index in [1.54, 1.807) is 5.48 Å². The summed E-state index contributed by atoms with van der Waals surface area (Å²) < 4.78 is 5.96. The van der Waals surface area contributed by atoms with Gasteiger partial charge in [0.1, 0.15) is 0 Å². The third-order valence-corrected chi connectivity index (χ3v) is 8.05. The summed E-state index contributed by atoms with van der Waals surface area (Å²) in [5.74, 6) is -0.627. The highest BCUT2D eigenvalue weighted by molar-refractivity contribution is 5.95. The molecule has 36 heavy (non-hydrogen) atoms. The van der Waals surface area contributed by atoms with Crippen LogP contribution >= 0.6 is 0 Å². The number of hydrogen-bond acceptors (Lipinski definition) is 5. The number of aromatic nitrogens is 1. The molecular weight excluding hydrogens is 454 g/mol. The summed E-state index contributed by atoms with van der Waals surface area (Å²) in [6, 6.07) is 17.8. The van der Waals surface area contributed by atoms with Crippen molar-refractivity contribution in [3.05, 3.63) is 77.0 Å². The minimum atomic E-state index is -0.517. The van der Waals surface area contributed by atoms with Crippen LogP contribution in [-0.2, 0) is 16.0 Å². The number of fused-ring (bicyclic) bond motifs is 1. The maximum absolute atomic E-state index is 13.1. The normalized spacial score (nSPS) is 25.4. The highest BCUT2D eigenvalue weighted by Gasteiger charge is 2.51. The second kappa shape index (κ2) is 9.30. The van der Waals surface area contributed by atoms with Gasteiger partial charge >= 0.3 is 0 Å². The number of pyridine rings is 1. The first kappa shape index (κ1) is 23.1. The van der Waals surface area contributed by atoms with Crippen molar-refractivity contribution in [1.82, 2.24) is 15.8 Å². The quantitative estimate of drug-likeness (QED) is 0.358. The number of amides is 2. The van der Waals surface area contributed by atoms with Crippen molar-refractivity contribution in [1.29, 1.82) is 0 Å². The van der Waals surface area contributed by atoms with Gasteiger partial charge in [0.25, 0.3) is 5.91 Å². The Morgan fingerprint density at radius 3 is 2.61 bits per heavy atom. The van der Waals surface area contributed by atoms with E-state index in [0.717, 1.165) is 30.3 Å². The number of nitrogens with zero attached hydrogens (tertiary/aromatic N) is 1. The third kappa shape index (κ3) is 4.49. The minimum Gasteiger partial charge on any atom is -0.375 e. The van der Waals surface area contributed by atoms with Crippen molar-refractivity contribution in [2.24, 2.45) is 5.92 Å². The van der Waals surface area contributed by atoms with Gasteiger partial charge in [-0.1, -0.05) is 30.3 Å². The third-order valence-electron chi connectivity index (χ3n) is 8.05. The molecule has 7 nitrogen and oxygen atoms in total. The van der Waals surface area contributed by atoms with Crippen LogP contribution in [0.15, 0.2) is 54.6 Å². The molecule has 0 bridgehead atoms. The van der Waals surface area contributed by atoms with Crippen LogP contribution in [0.25, 0.3) is 10.9 Å². The van der Waals surface area contributed by atoms with Crippen LogP contribution < -0.4 is 10.8 Å². The molecule has 3 aliphatic rings. The second-order valence-corrected chi connectivity index (χ2v) is 10.6. The van der Waals surface area contributed by atoms with E-state index in [4.69, 9.17) is 9.72 Å². The Morgan fingerprint density at radius 1 is 1.08 bits per heavy atom. The highest BCUT2D eigenvalue weighted by atomic mass is 16.5. The van der Waals surface area contributed by atoms with Gasteiger partial charge in [0.2, 0.25) is 5.91 Å². The van der Waals surface area contributed by atoms with E-state index in [2.05, 4.69) is 23.5 Å². The molecule has 2 amide bonds. The number of hydroxylamine groups is 1. The Balaban J connectivity index is 1.18. The molecule has 1 aliphatic heterocycles. The average Bonchev–Trinajstić information content (AvgIpc) is 3.57. The lowest BCUT2D eigenvalue weighted by Gasteiger charge is -2.22. The zero-order chi connectivity index (χ0) is 24.7. The fraction of sp³-hybridized carbons (Fsp3) is 0.414. The van der Waals surface area contributed by atoms with Gasteiger partial charge < -0.3 is 10.1 Å². The van der Waals surface area contributed by atoms with E-state index < -0.39 is 11.8 Å². The number of carbonyl (C=O) groups excluding carboxylic acids is 2. The molecule has 7 heteroatoms. The number of para-hydroxylation sites is 1. The standard InChI is InChI=1S/C29H31N3O4/c33-27(31-26-17-29(12-3-13-36-29)16-23(26)28(34)32-35)20-8-6-18(7-9-20)14-21-15-25(19-10-11-19)30-24-5-2-1-4-22(21)24/h1-2,4-9,15,19,23,26,35H,3,10-14,16-17H2,(H,31,33)(H,32,34)/t23-,26+,29+/m0/s1. The van der Waals surface area contributed by atoms with Crippen molar-refractivity contribution >= 4 is 22.7 Å². The lowest BCUT2D eigenvalue weighted by molar-refractivity contribution is -0.134. The zero-order valence-corrected chi connectivity index (χ0v) is 20.2. The summed E-state index contributed by atoms with van der Waals surface area (Å²) in [5.41, 5.74) is 6.53. The van der Waals surface area contributed by atoms with Gasteiger partial charge in [-0.2, -0.15) is 0 Å². The van der Waals surface area contributed by atoms with Crippen LogP contribution in [0.2, 0.25) is 0 Å². The van der Waals surface area contributed by atoms with E-state index in [1.807, 2.05) is 36.4 Å². The fourth-order valence-electron chi connectivity index (χ4n) is 6.01. The summed E-state index contributed by atoms with van der Waals surface area (Å²) in [6.07, 6.45) is 6.10. The molecule has 2 aliphatic carbocycles. The summed E-state index contributed by atoms with van der Waals surface area (Å²) in [6.45, 7) is 0.671. The number of hydrogen-bond donors (Lipinski definition) is 3. The van der Waals surface area contributed by atoms with Crippen LogP contribution in [-0.4, -0.2) is 40.3 Å². The molecule has 186 valence electrons. The monoisotopic (exact) mass is 485 g/mol. The predicted octanol–water partition coefficient (Wildman–Crippen LogP) is 4.27. The Labute approximate surface area is 210 Å². The smallest absolute Gasteiger partial charge is 0.251 e. The van der Waals surface area contributed by atoms with Gasteiger partial charge in [0.15, 0.2) is 0 Å². The summed E-state index contributed by atoms with van der Waals surface area (Å²) in [7, 11) is 0. The molecule has 3 aromatic rings. The molecule has 1 aromatic heterocycles. The molecule has 2 heterocycles. The lowest BCUT2D eigenvalue weighted by Crippen LogP contribution is -2.43. The molecule has 1 spiro atoms. The van der Waals surface area contributed by atoms with Gasteiger partial charge in [0.05, 0.1) is 17.0 Å². The van der Waals surface area contributed by atoms with Crippen molar-refractivity contribution in [2.45, 2.75) is 62.5 Å². The molecule has 1 saturated heterocycles. The van der Waals surface area contributed by atoms with Gasteiger partial charge in [-0.25, -0.2) is 5.48 Å². The number of ether oxygens (including phenoxy) is 1. The largest absolute Gasteiger partial charge is 0.375 e. The van der Waals surface area contributed by atoms with Gasteiger partial charge in [-0.3, -0.25) is 19.8 Å². The molecular formula is C29H31N3O4. The van der Waals surface area contributed by atoms with Crippen LogP contribution in [0.5, 0.6) is 0 Å². The first-order valence-electron chi connectivity index (χ1n) is 12.9. The Hall–Kier alpha value is -3.29. The molecule has 6 rings (SSSR count). The zero-order valence-electron chi connectivity index (χ0n) is 20.2. The van der Waals surface area contributed by atoms with E-state index >= 15 is 0 Å². The van der Waals surface area contributed by atoms with E-state index in [0.29, 0.717) is 30.9 Å². The van der Waals surface area contributed by atoms with Crippen LogP contribution in [0.1, 0.15) is 71.6 Å². The molecule has 2 saturated carbocycles. The van der Waals surface area contributed by atoms with Gasteiger partial charge in [0, 0.05) is 35.2 Å². The maximum Gasteiger partial charge on any atom is 0.251 e. The number of benzene rings is 2. The maximum atomic E-state index is 13.1. The summed E-state index contributed by atoms with van der Waals surface area (Å²) >= 11 is 0. The lowest BCUT2D eigenvalue weighted by atomic mass is 9.96. The molecule has 2 aromatic carbocycles. The topological polar surface area (TPSA) is 101 Å². The Kier molecular flexibility index (Phi) is 5.97. The number of nitrogens with one attached hydrogen (secondary N) is 2. The SMILES string of the molecule is O=C(N[C@@H]1C[C@@]2(CCCO2)C[C@@H]1C(=O)NO)c1ccc(Cc2cc(C3CC3)nc3ccccc23)cc1. The van der Waals surface area contributed by atoms with E-state index in [-0.39, 0.29) is 17.6 Å². The van der Waals surface area contributed by atoms with E-state index in [9.17, 15) is 14.8 Å². The molecule has 0 radical (unpaired) electrons. The summed E-state index contributed by atoms with van der Waals surface area (Å²) in [4.78, 5) is 30.2. The Morgan fingerprint density at radius 2 is 1.89 bits per heavy atom. The molecule has 3 N–H and O–H groups in total. The van der Waals surface area contributed by atoms with Gasteiger partial charge in [-0.05, 0) is 80.3 Å². The van der Waals surface area contributed by atoms with Crippen molar-refractivity contribution in [3.8, 4) is 0 Å². The van der Waals surface area contributed by atoms with Crippen molar-refractivity contribution in [2.75, 3.05) is 6.61 Å². The van der Waals surface area contributed by atoms with Crippen LogP contribution in [0, 0.1) is 5.92 Å². The number of rotatable bonds is 6. The predicted molar refractivity (Wildman–Crippen MR) is 135 cm³/mol. The van der Waals surface area contributed by atoms with Crippen LogP contribution in [0.3, 0.4) is 0 Å². The second-order valence-electron chi connectivity index (χ2n) is 10.6. The first-order valence-corrected chi connectivity index (χ1v) is 12.9. The van der Waals surface area contributed by atoms with Crippen LogP contribution in [0.4, 0.5) is 0 Å². The minimum absolute atomic E-state index is 0.220. The summed E-state index contributed by atoms with van der Waals surface area (Å²) in [5, 5.41) is 13.4. The molecule has 3 atom stereocenters. The average molecular weight is 486 g/mol. The molecule has 0 unspecified atom stereocenters. The fourth-order valence-corrected chi connectivity index (χ4v) is 6.01. The number of carbonyl (C=O) groups is 2.